The number of hydrogen-bond donors (Lipinski definition) is 0. The average Bonchev–Trinajstić information content (AvgIpc) is 3.37. The van der Waals surface area contributed by atoms with E-state index in [0.717, 1.165) is 5.56 Å². The molecule has 0 bridgehead atoms. The van der Waals surface area contributed by atoms with Crippen LogP contribution in [0.3, 0.4) is 0 Å². The van der Waals surface area contributed by atoms with Gasteiger partial charge in [-0.2, -0.15) is 0 Å². The number of hydrogen-bond acceptors (Lipinski definition) is 9. The summed E-state index contributed by atoms with van der Waals surface area (Å²) in [7, 11) is 3.13. The van der Waals surface area contributed by atoms with Crippen molar-refractivity contribution in [2.24, 2.45) is 4.99 Å². The third kappa shape index (κ3) is 6.66. The van der Waals surface area contributed by atoms with E-state index in [9.17, 15) is 14.4 Å². The van der Waals surface area contributed by atoms with Crippen molar-refractivity contribution in [3.8, 4) is 17.2 Å². The molecule has 238 valence electrons. The molecule has 2 aliphatic heterocycles. The second-order valence-electron chi connectivity index (χ2n) is 10.5. The second-order valence-corrected chi connectivity index (χ2v) is 11.5. The number of amides is 2. The number of thiazole rings is 1. The van der Waals surface area contributed by atoms with E-state index in [4.69, 9.17) is 23.9 Å². The van der Waals surface area contributed by atoms with Gasteiger partial charge in [0.25, 0.3) is 17.4 Å². The molecule has 1 aromatic heterocycles. The number of nitrogens with zero attached hydrogens (tertiary/aromatic N) is 4. The monoisotopic (exact) mass is 634 g/mol. The molecule has 2 aliphatic rings. The number of likely N-dealkylation sites (N-methyl/N-ethyl adjacent to an activating group) is 1. The number of rotatable bonds is 10. The Morgan fingerprint density at radius 1 is 1.04 bits per heavy atom. The van der Waals surface area contributed by atoms with Crippen LogP contribution in [0.1, 0.15) is 37.9 Å². The van der Waals surface area contributed by atoms with Gasteiger partial charge < -0.3 is 28.7 Å². The molecule has 1 atom stereocenters. The van der Waals surface area contributed by atoms with Crippen LogP contribution in [0.15, 0.2) is 63.5 Å². The van der Waals surface area contributed by atoms with E-state index < -0.39 is 6.04 Å². The van der Waals surface area contributed by atoms with Crippen molar-refractivity contribution in [2.75, 3.05) is 60.2 Å². The minimum absolute atomic E-state index is 0.0560. The van der Waals surface area contributed by atoms with Crippen LogP contribution < -0.4 is 29.1 Å². The Morgan fingerprint density at radius 2 is 1.73 bits per heavy atom. The molecule has 2 amide bonds. The van der Waals surface area contributed by atoms with Crippen molar-refractivity contribution in [1.82, 2.24) is 14.4 Å². The topological polar surface area (TPSA) is 112 Å². The van der Waals surface area contributed by atoms with Crippen LogP contribution in [0.5, 0.6) is 17.2 Å². The molecule has 0 aliphatic carbocycles. The predicted molar refractivity (Wildman–Crippen MR) is 171 cm³/mol. The quantitative estimate of drug-likeness (QED) is 0.337. The van der Waals surface area contributed by atoms with Gasteiger partial charge in [0, 0.05) is 31.7 Å². The minimum atomic E-state index is -0.777. The van der Waals surface area contributed by atoms with Crippen molar-refractivity contribution in [3.05, 3.63) is 84.5 Å². The Kier molecular flexibility index (Phi) is 10.0. The molecule has 2 aromatic carbocycles. The van der Waals surface area contributed by atoms with Crippen LogP contribution in [0.25, 0.3) is 6.08 Å². The first-order valence-corrected chi connectivity index (χ1v) is 15.7. The second kappa shape index (κ2) is 14.1. The first-order valence-electron chi connectivity index (χ1n) is 14.9. The molecule has 1 fully saturated rings. The number of aromatic nitrogens is 1. The van der Waals surface area contributed by atoms with E-state index in [1.54, 1.807) is 71.9 Å². The summed E-state index contributed by atoms with van der Waals surface area (Å²) in [5.41, 5.74) is 2.09. The molecule has 0 saturated carbocycles. The molecule has 0 radical (unpaired) electrons. The molecular weight excluding hydrogens is 596 g/mol. The van der Waals surface area contributed by atoms with Crippen LogP contribution in [-0.2, 0) is 14.3 Å². The number of benzene rings is 2. The van der Waals surface area contributed by atoms with E-state index in [1.807, 2.05) is 26.0 Å². The van der Waals surface area contributed by atoms with Crippen molar-refractivity contribution in [2.45, 2.75) is 26.8 Å². The highest BCUT2D eigenvalue weighted by Crippen LogP contribution is 2.38. The normalized spacial score (nSPS) is 16.6. The van der Waals surface area contributed by atoms with Crippen LogP contribution >= 0.6 is 11.3 Å². The fourth-order valence-corrected chi connectivity index (χ4v) is 6.53. The summed E-state index contributed by atoms with van der Waals surface area (Å²) < 4.78 is 24.3. The SMILES string of the molecule is CCN(CC)C(=O)C1=C(C)N=c2s/c(=C\c3ccc(OCC(=O)N4CCOCC4)cc3)c(=O)n2[C@H]1c1cc(OC)ccc1OC. The molecule has 45 heavy (non-hydrogen) atoms. The zero-order valence-corrected chi connectivity index (χ0v) is 27.0. The predicted octanol–water partition coefficient (Wildman–Crippen LogP) is 2.36. The summed E-state index contributed by atoms with van der Waals surface area (Å²) in [6.45, 7) is 8.81. The minimum Gasteiger partial charge on any atom is -0.497 e. The molecular formula is C33H38N4O7S. The smallest absolute Gasteiger partial charge is 0.271 e. The molecule has 3 heterocycles. The number of fused-ring (bicyclic) bond motifs is 1. The average molecular weight is 635 g/mol. The first-order chi connectivity index (χ1) is 21.8. The number of ether oxygens (including phenoxy) is 4. The largest absolute Gasteiger partial charge is 0.497 e. The van der Waals surface area contributed by atoms with Crippen molar-refractivity contribution >= 4 is 29.2 Å². The lowest BCUT2D eigenvalue weighted by Crippen LogP contribution is -2.43. The Bertz CT molecular complexity index is 1770. The first kappa shape index (κ1) is 32.0. The van der Waals surface area contributed by atoms with Gasteiger partial charge in [0.2, 0.25) is 0 Å². The van der Waals surface area contributed by atoms with Gasteiger partial charge in [-0.15, -0.1) is 0 Å². The summed E-state index contributed by atoms with van der Waals surface area (Å²) in [6.07, 6.45) is 1.79. The number of morpholine rings is 1. The lowest BCUT2D eigenvalue weighted by atomic mass is 9.93. The zero-order valence-electron chi connectivity index (χ0n) is 26.2. The summed E-state index contributed by atoms with van der Waals surface area (Å²) in [5.74, 6) is 1.38. The molecule has 3 aromatic rings. The Labute approximate surface area is 265 Å². The van der Waals surface area contributed by atoms with Gasteiger partial charge in [-0.05, 0) is 62.7 Å². The number of methoxy groups -OCH3 is 2. The third-order valence-corrected chi connectivity index (χ3v) is 8.92. The maximum atomic E-state index is 14.1. The molecule has 5 rings (SSSR count). The Balaban J connectivity index is 1.52. The van der Waals surface area contributed by atoms with Crippen LogP contribution in [0.4, 0.5) is 0 Å². The van der Waals surface area contributed by atoms with Gasteiger partial charge in [0.05, 0.1) is 43.2 Å². The molecule has 0 spiro atoms. The van der Waals surface area contributed by atoms with E-state index >= 15 is 0 Å². The zero-order chi connectivity index (χ0) is 32.1. The van der Waals surface area contributed by atoms with Crippen LogP contribution in [-0.4, -0.2) is 86.4 Å². The Morgan fingerprint density at radius 3 is 2.38 bits per heavy atom. The number of allylic oxidation sites excluding steroid dienone is 1. The number of carbonyl (C=O) groups is 2. The van der Waals surface area contributed by atoms with Gasteiger partial charge in [-0.1, -0.05) is 23.5 Å². The lowest BCUT2D eigenvalue weighted by Gasteiger charge is -2.30. The Hall–Kier alpha value is -4.42. The molecule has 0 unspecified atom stereocenters. The van der Waals surface area contributed by atoms with E-state index in [2.05, 4.69) is 0 Å². The third-order valence-electron chi connectivity index (χ3n) is 7.94. The summed E-state index contributed by atoms with van der Waals surface area (Å²) in [6, 6.07) is 11.8. The lowest BCUT2D eigenvalue weighted by molar-refractivity contribution is -0.137. The fourth-order valence-electron chi connectivity index (χ4n) is 5.48. The maximum absolute atomic E-state index is 14.1. The van der Waals surface area contributed by atoms with Gasteiger partial charge in [0.15, 0.2) is 11.4 Å². The molecule has 1 saturated heterocycles. The fraction of sp³-hybridized carbons (Fsp3) is 0.394. The summed E-state index contributed by atoms with van der Waals surface area (Å²) in [4.78, 5) is 49.2. The molecule has 11 nitrogen and oxygen atoms in total. The van der Waals surface area contributed by atoms with Gasteiger partial charge >= 0.3 is 0 Å². The highest BCUT2D eigenvalue weighted by Gasteiger charge is 2.36. The highest BCUT2D eigenvalue weighted by molar-refractivity contribution is 7.07. The van der Waals surface area contributed by atoms with Crippen LogP contribution in [0, 0.1) is 0 Å². The van der Waals surface area contributed by atoms with Crippen molar-refractivity contribution in [3.63, 3.8) is 0 Å². The highest BCUT2D eigenvalue weighted by atomic mass is 32.1. The standard InChI is InChI=1S/C33H38N4O7S/c1-6-35(7-2)32(40)29-21(3)34-33-37(30(29)25-19-24(41-4)12-13-26(25)42-5)31(39)27(45-33)18-22-8-10-23(11-9-22)44-20-28(38)36-14-16-43-17-15-36/h8-13,18-19,30H,6-7,14-17,20H2,1-5H3/b27-18-/t30-/m0/s1. The molecule has 12 heteroatoms. The van der Waals surface area contributed by atoms with Crippen LogP contribution in [0.2, 0.25) is 0 Å². The molecule has 0 N–H and O–H groups in total. The van der Waals surface area contributed by atoms with Crippen molar-refractivity contribution in [1.29, 1.82) is 0 Å². The van der Waals surface area contributed by atoms with Crippen molar-refractivity contribution < 1.29 is 28.5 Å². The maximum Gasteiger partial charge on any atom is 0.271 e. The summed E-state index contributed by atoms with van der Waals surface area (Å²) >= 11 is 1.26. The van der Waals surface area contributed by atoms with E-state index in [-0.39, 0.29) is 24.0 Å². The van der Waals surface area contributed by atoms with Gasteiger partial charge in [0.1, 0.15) is 23.3 Å². The number of carbonyl (C=O) groups excluding carboxylic acids is 2. The van der Waals surface area contributed by atoms with Gasteiger partial charge in [-0.3, -0.25) is 19.0 Å². The van der Waals surface area contributed by atoms with Gasteiger partial charge in [-0.25, -0.2) is 4.99 Å². The summed E-state index contributed by atoms with van der Waals surface area (Å²) in [5, 5.41) is 0. The van der Waals surface area contributed by atoms with E-state index in [0.29, 0.717) is 82.8 Å². The van der Waals surface area contributed by atoms with E-state index in [1.165, 1.54) is 11.3 Å².